The number of rotatable bonds is 5. The lowest BCUT2D eigenvalue weighted by Gasteiger charge is -2.49. The molecule has 3 heterocycles. The molecule has 1 aromatic rings. The molecule has 0 spiro atoms. The van der Waals surface area contributed by atoms with Gasteiger partial charge in [0.15, 0.2) is 0 Å². The van der Waals surface area contributed by atoms with Crippen LogP contribution in [0.15, 0.2) is 18.2 Å². The number of unbranched alkanes of at least 4 members (excludes halogenated alkanes) is 3. The summed E-state index contributed by atoms with van der Waals surface area (Å²) in [6.07, 6.45) is 12.2. The molecule has 0 amide bonds. The number of nitrogens with one attached hydrogen (secondary N) is 1. The molecule has 0 saturated carbocycles. The smallest absolute Gasteiger partial charge is 0.0368 e. The van der Waals surface area contributed by atoms with Gasteiger partial charge in [-0.05, 0) is 67.7 Å². The van der Waals surface area contributed by atoms with Gasteiger partial charge in [-0.25, -0.2) is 0 Å². The van der Waals surface area contributed by atoms with Crippen molar-refractivity contribution in [3.8, 4) is 0 Å². The molecule has 3 atom stereocenters. The van der Waals surface area contributed by atoms with Crippen LogP contribution in [-0.4, -0.2) is 30.6 Å². The van der Waals surface area contributed by atoms with Crippen LogP contribution in [0.5, 0.6) is 0 Å². The van der Waals surface area contributed by atoms with Crippen molar-refractivity contribution in [2.45, 2.75) is 76.8 Å². The Morgan fingerprint density at radius 3 is 3.08 bits per heavy atom. The van der Waals surface area contributed by atoms with E-state index in [2.05, 4.69) is 35.3 Å². The molecule has 0 bridgehead atoms. The van der Waals surface area contributed by atoms with E-state index in [9.17, 15) is 0 Å². The molecule has 0 aliphatic carbocycles. The van der Waals surface area contributed by atoms with Gasteiger partial charge in [-0.2, -0.15) is 0 Å². The third-order valence-corrected chi connectivity index (χ3v) is 6.70. The number of hydrogen-bond acceptors (Lipinski definition) is 2. The third kappa shape index (κ3) is 3.28. The van der Waals surface area contributed by atoms with Crippen LogP contribution in [0.3, 0.4) is 0 Å². The average molecular weight is 327 g/mol. The van der Waals surface area contributed by atoms with Crippen LogP contribution < -0.4 is 5.32 Å². The number of nitrogens with zero attached hydrogens (tertiary/aromatic N) is 1. The first kappa shape index (κ1) is 16.6. The van der Waals surface area contributed by atoms with Gasteiger partial charge in [-0.15, -0.1) is 0 Å². The predicted molar refractivity (Wildman–Crippen MR) is 101 cm³/mol. The quantitative estimate of drug-likeness (QED) is 0.803. The van der Waals surface area contributed by atoms with Crippen molar-refractivity contribution in [3.63, 3.8) is 0 Å². The zero-order chi connectivity index (χ0) is 16.4. The highest BCUT2D eigenvalue weighted by molar-refractivity contribution is 5.40. The second kappa shape index (κ2) is 7.58. The fourth-order valence-corrected chi connectivity index (χ4v) is 5.42. The molecule has 24 heavy (non-hydrogen) atoms. The van der Waals surface area contributed by atoms with Crippen molar-refractivity contribution >= 4 is 0 Å². The van der Waals surface area contributed by atoms with Crippen LogP contribution in [0.4, 0.5) is 0 Å². The molecule has 2 fully saturated rings. The van der Waals surface area contributed by atoms with Crippen molar-refractivity contribution in [2.24, 2.45) is 5.92 Å². The molecule has 4 rings (SSSR count). The first-order valence-electron chi connectivity index (χ1n) is 10.4. The molecule has 3 aliphatic rings. The summed E-state index contributed by atoms with van der Waals surface area (Å²) in [5.41, 5.74) is 5.04. The SMILES string of the molecule is CCCCCCc1cccc2c1C1CC3NCCCC3CN1CC2. The topological polar surface area (TPSA) is 15.3 Å². The summed E-state index contributed by atoms with van der Waals surface area (Å²) in [7, 11) is 0. The highest BCUT2D eigenvalue weighted by Gasteiger charge is 2.40. The summed E-state index contributed by atoms with van der Waals surface area (Å²) in [5.74, 6) is 0.897. The first-order valence-corrected chi connectivity index (χ1v) is 10.4. The number of piperidine rings is 2. The molecule has 1 aromatic carbocycles. The van der Waals surface area contributed by atoms with Crippen LogP contribution in [0.2, 0.25) is 0 Å². The van der Waals surface area contributed by atoms with Gasteiger partial charge in [0, 0.05) is 25.2 Å². The monoisotopic (exact) mass is 326 g/mol. The van der Waals surface area contributed by atoms with Crippen molar-refractivity contribution < 1.29 is 0 Å². The molecule has 2 saturated heterocycles. The molecule has 0 aromatic heterocycles. The van der Waals surface area contributed by atoms with Gasteiger partial charge in [0.2, 0.25) is 0 Å². The van der Waals surface area contributed by atoms with E-state index in [0.717, 1.165) is 12.0 Å². The van der Waals surface area contributed by atoms with E-state index in [0.29, 0.717) is 6.04 Å². The summed E-state index contributed by atoms with van der Waals surface area (Å²) in [6, 6.07) is 8.59. The zero-order valence-corrected chi connectivity index (χ0v) is 15.4. The summed E-state index contributed by atoms with van der Waals surface area (Å²) >= 11 is 0. The van der Waals surface area contributed by atoms with Gasteiger partial charge in [-0.1, -0.05) is 44.4 Å². The molecule has 132 valence electrons. The Balaban J connectivity index is 1.54. The van der Waals surface area contributed by atoms with Crippen LogP contribution in [-0.2, 0) is 12.8 Å². The molecule has 3 unspecified atom stereocenters. The minimum atomic E-state index is 0.683. The third-order valence-electron chi connectivity index (χ3n) is 6.70. The van der Waals surface area contributed by atoms with E-state index in [-0.39, 0.29) is 0 Å². The zero-order valence-electron chi connectivity index (χ0n) is 15.4. The Labute approximate surface area is 148 Å². The van der Waals surface area contributed by atoms with E-state index in [1.165, 1.54) is 77.4 Å². The van der Waals surface area contributed by atoms with E-state index < -0.39 is 0 Å². The van der Waals surface area contributed by atoms with Gasteiger partial charge in [0.25, 0.3) is 0 Å². The number of aryl methyl sites for hydroxylation is 1. The Bertz CT molecular complexity index is 553. The summed E-state index contributed by atoms with van der Waals surface area (Å²) < 4.78 is 0. The maximum atomic E-state index is 3.84. The molecule has 3 aliphatic heterocycles. The average Bonchev–Trinajstić information content (AvgIpc) is 2.63. The number of benzene rings is 1. The van der Waals surface area contributed by atoms with E-state index in [1.54, 1.807) is 16.7 Å². The van der Waals surface area contributed by atoms with E-state index in [4.69, 9.17) is 0 Å². The Hall–Kier alpha value is -0.860. The highest BCUT2D eigenvalue weighted by Crippen LogP contribution is 2.42. The van der Waals surface area contributed by atoms with Gasteiger partial charge >= 0.3 is 0 Å². The molecular formula is C22H34N2. The lowest BCUT2D eigenvalue weighted by Crippen LogP contribution is -2.54. The van der Waals surface area contributed by atoms with Gasteiger partial charge in [-0.3, -0.25) is 4.90 Å². The fourth-order valence-electron chi connectivity index (χ4n) is 5.42. The standard InChI is InChI=1S/C22H34N2/c1-2-3-4-5-8-17-9-6-10-18-12-14-24-16-19-11-7-13-23-20(19)15-21(24)22(17)18/h6,9-10,19-21,23H,2-5,7-8,11-16H2,1H3. The molecular weight excluding hydrogens is 292 g/mol. The van der Waals surface area contributed by atoms with Crippen molar-refractivity contribution in [1.29, 1.82) is 0 Å². The fraction of sp³-hybridized carbons (Fsp3) is 0.727. The number of hydrogen-bond donors (Lipinski definition) is 1. The second-order valence-corrected chi connectivity index (χ2v) is 8.26. The summed E-state index contributed by atoms with van der Waals surface area (Å²) in [5, 5.41) is 3.84. The molecule has 2 heteroatoms. The van der Waals surface area contributed by atoms with E-state index >= 15 is 0 Å². The van der Waals surface area contributed by atoms with Crippen molar-refractivity contribution in [2.75, 3.05) is 19.6 Å². The minimum Gasteiger partial charge on any atom is -0.314 e. The van der Waals surface area contributed by atoms with E-state index in [1.807, 2.05) is 0 Å². The van der Waals surface area contributed by atoms with Crippen LogP contribution in [0.25, 0.3) is 0 Å². The van der Waals surface area contributed by atoms with Gasteiger partial charge < -0.3 is 5.32 Å². The Morgan fingerprint density at radius 1 is 1.21 bits per heavy atom. The van der Waals surface area contributed by atoms with Crippen LogP contribution >= 0.6 is 0 Å². The van der Waals surface area contributed by atoms with Crippen molar-refractivity contribution in [1.82, 2.24) is 10.2 Å². The lowest BCUT2D eigenvalue weighted by molar-refractivity contribution is 0.0547. The maximum Gasteiger partial charge on any atom is 0.0368 e. The largest absolute Gasteiger partial charge is 0.314 e. The normalized spacial score (nSPS) is 29.6. The maximum absolute atomic E-state index is 3.84. The lowest BCUT2D eigenvalue weighted by atomic mass is 9.76. The van der Waals surface area contributed by atoms with Gasteiger partial charge in [0.1, 0.15) is 0 Å². The highest BCUT2D eigenvalue weighted by atomic mass is 15.2. The molecule has 2 nitrogen and oxygen atoms in total. The predicted octanol–water partition coefficient (Wildman–Crippen LogP) is 4.48. The Kier molecular flexibility index (Phi) is 5.24. The minimum absolute atomic E-state index is 0.683. The number of fused-ring (bicyclic) bond motifs is 4. The summed E-state index contributed by atoms with van der Waals surface area (Å²) in [6.45, 7) is 6.14. The molecule has 0 radical (unpaired) electrons. The molecule has 1 N–H and O–H groups in total. The summed E-state index contributed by atoms with van der Waals surface area (Å²) in [4.78, 5) is 2.83. The van der Waals surface area contributed by atoms with Crippen LogP contribution in [0, 0.1) is 5.92 Å². The Morgan fingerprint density at radius 2 is 2.17 bits per heavy atom. The van der Waals surface area contributed by atoms with Crippen molar-refractivity contribution in [3.05, 3.63) is 34.9 Å². The van der Waals surface area contributed by atoms with Crippen LogP contribution in [0.1, 0.15) is 74.6 Å². The second-order valence-electron chi connectivity index (χ2n) is 8.26. The first-order chi connectivity index (χ1) is 11.9. The van der Waals surface area contributed by atoms with Gasteiger partial charge in [0.05, 0.1) is 0 Å².